The average Bonchev–Trinajstić information content (AvgIpc) is 2.65. The minimum Gasteiger partial charge on any atom is -0.370 e. The van der Waals surface area contributed by atoms with Crippen molar-refractivity contribution in [1.82, 2.24) is 4.57 Å². The van der Waals surface area contributed by atoms with Crippen LogP contribution in [-0.2, 0) is 17.8 Å². The predicted octanol–water partition coefficient (Wildman–Crippen LogP) is 2.08. The number of hydrogen-bond acceptors (Lipinski definition) is 1. The maximum Gasteiger partial charge on any atom is 0.217 e. The van der Waals surface area contributed by atoms with Gasteiger partial charge in [-0.1, -0.05) is 18.2 Å². The number of hydrogen-bond donors (Lipinski definition) is 1. The molecule has 1 aliphatic rings. The Bertz CT molecular complexity index is 571. The number of benzene rings is 1. The molecule has 0 radical (unpaired) electrons. The summed E-state index contributed by atoms with van der Waals surface area (Å²) in [6.07, 6.45) is 2.54. The molecule has 2 N–H and O–H groups in total. The fourth-order valence-corrected chi connectivity index (χ4v) is 2.87. The summed E-state index contributed by atoms with van der Waals surface area (Å²) in [5.41, 5.74) is 7.91. The summed E-state index contributed by atoms with van der Waals surface area (Å²) in [6, 6.07) is 10.7. The highest BCUT2D eigenvalue weighted by molar-refractivity contribution is 5.81. The fourth-order valence-electron chi connectivity index (χ4n) is 2.87. The van der Waals surface area contributed by atoms with Crippen LogP contribution in [0.2, 0.25) is 0 Å². The van der Waals surface area contributed by atoms with E-state index in [0.29, 0.717) is 12.3 Å². The molecule has 0 saturated carbocycles. The monoisotopic (exact) mass is 228 g/mol. The van der Waals surface area contributed by atoms with Crippen LogP contribution in [0, 0.1) is 5.92 Å². The molecule has 1 unspecified atom stereocenters. The van der Waals surface area contributed by atoms with Crippen molar-refractivity contribution in [1.29, 1.82) is 0 Å². The molecule has 0 saturated heterocycles. The Hall–Kier alpha value is -1.77. The van der Waals surface area contributed by atoms with E-state index in [2.05, 4.69) is 34.9 Å². The summed E-state index contributed by atoms with van der Waals surface area (Å²) in [6.45, 7) is 1.00. The Morgan fingerprint density at radius 2 is 2.24 bits per heavy atom. The van der Waals surface area contributed by atoms with Gasteiger partial charge in [-0.15, -0.1) is 0 Å². The minimum atomic E-state index is -0.181. The molecule has 0 spiro atoms. The third-order valence-electron chi connectivity index (χ3n) is 3.64. The van der Waals surface area contributed by atoms with Gasteiger partial charge in [0.1, 0.15) is 0 Å². The van der Waals surface area contributed by atoms with Gasteiger partial charge in [-0.25, -0.2) is 0 Å². The smallest absolute Gasteiger partial charge is 0.217 e. The Labute approximate surface area is 100 Å². The van der Waals surface area contributed by atoms with E-state index in [0.717, 1.165) is 19.4 Å². The molecule has 2 heterocycles. The zero-order valence-electron chi connectivity index (χ0n) is 9.73. The lowest BCUT2D eigenvalue weighted by atomic mass is 9.93. The number of nitrogens with two attached hydrogens (primary N) is 1. The molecule has 3 rings (SSSR count). The number of carbonyl (C=O) groups excluding carboxylic acids is 1. The van der Waals surface area contributed by atoms with E-state index in [1.165, 1.54) is 16.6 Å². The van der Waals surface area contributed by atoms with Gasteiger partial charge in [0.25, 0.3) is 0 Å². The van der Waals surface area contributed by atoms with Crippen LogP contribution in [0.1, 0.15) is 18.5 Å². The predicted molar refractivity (Wildman–Crippen MR) is 67.6 cm³/mol. The second-order valence-electron chi connectivity index (χ2n) is 4.88. The van der Waals surface area contributed by atoms with Crippen molar-refractivity contribution in [3.8, 4) is 0 Å². The molecule has 2 aromatic rings. The van der Waals surface area contributed by atoms with E-state index in [9.17, 15) is 4.79 Å². The first-order chi connectivity index (χ1) is 8.24. The molecule has 88 valence electrons. The van der Waals surface area contributed by atoms with Crippen molar-refractivity contribution in [2.24, 2.45) is 11.7 Å². The topological polar surface area (TPSA) is 48.0 Å². The third-order valence-corrected chi connectivity index (χ3v) is 3.64. The Morgan fingerprint density at radius 3 is 3.06 bits per heavy atom. The van der Waals surface area contributed by atoms with Crippen LogP contribution >= 0.6 is 0 Å². The maximum absolute atomic E-state index is 11.0. The molecule has 0 bridgehead atoms. The summed E-state index contributed by atoms with van der Waals surface area (Å²) in [4.78, 5) is 11.0. The van der Waals surface area contributed by atoms with Gasteiger partial charge in [-0.2, -0.15) is 0 Å². The molecule has 0 aliphatic carbocycles. The number of fused-ring (bicyclic) bond motifs is 3. The summed E-state index contributed by atoms with van der Waals surface area (Å²) >= 11 is 0. The standard InChI is InChI=1S/C14H16N2O/c15-14(17)8-10-5-6-16-12(7-10)9-11-3-1-2-4-13(11)16/h1-4,9-10H,5-8H2,(H2,15,17). The molecule has 3 nitrogen and oxygen atoms in total. The first kappa shape index (κ1) is 10.4. The zero-order valence-corrected chi connectivity index (χ0v) is 9.73. The molecule has 1 amide bonds. The number of para-hydroxylation sites is 1. The highest BCUT2D eigenvalue weighted by atomic mass is 16.1. The normalized spacial score (nSPS) is 19.2. The van der Waals surface area contributed by atoms with Gasteiger partial charge in [-0.05, 0) is 36.3 Å². The molecular formula is C14H16N2O. The molecule has 1 aromatic heterocycles. The maximum atomic E-state index is 11.0. The first-order valence-electron chi connectivity index (χ1n) is 6.09. The Morgan fingerprint density at radius 1 is 1.41 bits per heavy atom. The van der Waals surface area contributed by atoms with Gasteiger partial charge in [-0.3, -0.25) is 4.79 Å². The van der Waals surface area contributed by atoms with Crippen LogP contribution in [0.5, 0.6) is 0 Å². The number of aryl methyl sites for hydroxylation is 1. The Balaban J connectivity index is 1.95. The van der Waals surface area contributed by atoms with Gasteiger partial charge in [0.15, 0.2) is 0 Å². The SMILES string of the molecule is NC(=O)CC1CCn2c(cc3ccccc32)C1. The van der Waals surface area contributed by atoms with Crippen molar-refractivity contribution in [2.45, 2.75) is 25.8 Å². The summed E-state index contributed by atoms with van der Waals surface area (Å²) in [5, 5.41) is 1.29. The van der Waals surface area contributed by atoms with Crippen LogP contribution in [0.3, 0.4) is 0 Å². The fraction of sp³-hybridized carbons (Fsp3) is 0.357. The molecule has 3 heteroatoms. The van der Waals surface area contributed by atoms with E-state index in [1.54, 1.807) is 0 Å². The largest absolute Gasteiger partial charge is 0.370 e. The van der Waals surface area contributed by atoms with Crippen molar-refractivity contribution in [3.05, 3.63) is 36.0 Å². The second kappa shape index (κ2) is 3.91. The van der Waals surface area contributed by atoms with Gasteiger partial charge in [0.05, 0.1) is 0 Å². The quantitative estimate of drug-likeness (QED) is 0.840. The number of amides is 1. The van der Waals surface area contributed by atoms with Crippen molar-refractivity contribution in [3.63, 3.8) is 0 Å². The molecule has 17 heavy (non-hydrogen) atoms. The first-order valence-corrected chi connectivity index (χ1v) is 6.09. The van der Waals surface area contributed by atoms with E-state index >= 15 is 0 Å². The van der Waals surface area contributed by atoms with Crippen molar-refractivity contribution in [2.75, 3.05) is 0 Å². The Kier molecular flexibility index (Phi) is 2.39. The lowest BCUT2D eigenvalue weighted by Gasteiger charge is -2.23. The van der Waals surface area contributed by atoms with Crippen LogP contribution in [0.4, 0.5) is 0 Å². The highest BCUT2D eigenvalue weighted by Crippen LogP contribution is 2.29. The van der Waals surface area contributed by atoms with Crippen molar-refractivity contribution < 1.29 is 4.79 Å². The molecule has 1 atom stereocenters. The molecular weight excluding hydrogens is 212 g/mol. The number of aromatic nitrogens is 1. The molecule has 1 aliphatic heterocycles. The van der Waals surface area contributed by atoms with Gasteiger partial charge < -0.3 is 10.3 Å². The molecule has 1 aromatic carbocycles. The van der Waals surface area contributed by atoms with Crippen LogP contribution < -0.4 is 5.73 Å². The lowest BCUT2D eigenvalue weighted by molar-refractivity contribution is -0.119. The van der Waals surface area contributed by atoms with E-state index < -0.39 is 0 Å². The number of carbonyl (C=O) groups is 1. The zero-order chi connectivity index (χ0) is 11.8. The van der Waals surface area contributed by atoms with E-state index in [1.807, 2.05) is 0 Å². The minimum absolute atomic E-state index is 0.181. The van der Waals surface area contributed by atoms with Gasteiger partial charge in [0, 0.05) is 24.2 Å². The number of primary amides is 1. The summed E-state index contributed by atoms with van der Waals surface area (Å²) < 4.78 is 2.37. The lowest BCUT2D eigenvalue weighted by Crippen LogP contribution is -2.24. The van der Waals surface area contributed by atoms with Crippen molar-refractivity contribution >= 4 is 16.8 Å². The average molecular weight is 228 g/mol. The second-order valence-corrected chi connectivity index (χ2v) is 4.88. The summed E-state index contributed by atoms with van der Waals surface area (Å²) in [5.74, 6) is 0.240. The van der Waals surface area contributed by atoms with Crippen LogP contribution in [0.15, 0.2) is 30.3 Å². The van der Waals surface area contributed by atoms with Gasteiger partial charge >= 0.3 is 0 Å². The number of nitrogens with zero attached hydrogens (tertiary/aromatic N) is 1. The highest BCUT2D eigenvalue weighted by Gasteiger charge is 2.21. The van der Waals surface area contributed by atoms with E-state index in [-0.39, 0.29) is 5.91 Å². The number of rotatable bonds is 2. The molecule has 0 fully saturated rings. The van der Waals surface area contributed by atoms with Crippen LogP contribution in [-0.4, -0.2) is 10.5 Å². The van der Waals surface area contributed by atoms with E-state index in [4.69, 9.17) is 5.73 Å². The van der Waals surface area contributed by atoms with Gasteiger partial charge in [0.2, 0.25) is 5.91 Å². The van der Waals surface area contributed by atoms with Crippen LogP contribution in [0.25, 0.3) is 10.9 Å². The summed E-state index contributed by atoms with van der Waals surface area (Å²) in [7, 11) is 0. The third kappa shape index (κ3) is 1.82.